The highest BCUT2D eigenvalue weighted by Crippen LogP contribution is 2.31. The van der Waals surface area contributed by atoms with E-state index in [2.05, 4.69) is 20.6 Å². The van der Waals surface area contributed by atoms with E-state index in [0.717, 1.165) is 24.4 Å². The van der Waals surface area contributed by atoms with Crippen molar-refractivity contribution in [2.24, 2.45) is 7.05 Å². The lowest BCUT2D eigenvalue weighted by atomic mass is 10.0. The molecule has 3 rings (SSSR count). The number of aromatic nitrogens is 3. The van der Waals surface area contributed by atoms with E-state index in [1.807, 2.05) is 17.9 Å². The Morgan fingerprint density at radius 2 is 2.30 bits per heavy atom. The molecular weight excluding hydrogens is 316 g/mol. The van der Waals surface area contributed by atoms with Gasteiger partial charge in [-0.05, 0) is 30.1 Å². The molecule has 0 aromatic carbocycles. The van der Waals surface area contributed by atoms with Gasteiger partial charge in [-0.3, -0.25) is 9.58 Å². The van der Waals surface area contributed by atoms with Crippen molar-refractivity contribution in [2.75, 3.05) is 27.3 Å². The van der Waals surface area contributed by atoms with Crippen molar-refractivity contribution in [1.29, 1.82) is 0 Å². The van der Waals surface area contributed by atoms with E-state index in [9.17, 15) is 4.79 Å². The van der Waals surface area contributed by atoms with Crippen molar-refractivity contribution in [1.82, 2.24) is 19.1 Å². The maximum absolute atomic E-state index is 12.0. The third kappa shape index (κ3) is 3.23. The van der Waals surface area contributed by atoms with E-state index >= 15 is 0 Å². The average Bonchev–Trinajstić information content (AvgIpc) is 3.26. The maximum Gasteiger partial charge on any atom is 0.344 e. The SMILES string of the molecule is COC(=O)c1c(OC)nsc1CN1CCC(c2cnn(C)c2)C1. The van der Waals surface area contributed by atoms with Crippen LogP contribution in [-0.2, 0) is 18.3 Å². The summed E-state index contributed by atoms with van der Waals surface area (Å²) in [4.78, 5) is 15.2. The van der Waals surface area contributed by atoms with E-state index in [1.165, 1.54) is 31.3 Å². The summed E-state index contributed by atoms with van der Waals surface area (Å²) in [6, 6.07) is 0. The molecule has 0 N–H and O–H groups in total. The van der Waals surface area contributed by atoms with Gasteiger partial charge in [0.05, 0.1) is 25.3 Å². The first-order valence-corrected chi connectivity index (χ1v) is 8.21. The van der Waals surface area contributed by atoms with E-state index in [0.29, 0.717) is 23.9 Å². The predicted molar refractivity (Wildman–Crippen MR) is 85.8 cm³/mol. The smallest absolute Gasteiger partial charge is 0.344 e. The number of rotatable bonds is 5. The Morgan fingerprint density at radius 1 is 1.48 bits per heavy atom. The summed E-state index contributed by atoms with van der Waals surface area (Å²) in [5.41, 5.74) is 1.72. The van der Waals surface area contributed by atoms with Crippen LogP contribution < -0.4 is 4.74 Å². The first kappa shape index (κ1) is 15.9. The zero-order valence-corrected chi connectivity index (χ0v) is 14.3. The van der Waals surface area contributed by atoms with Crippen molar-refractivity contribution in [3.8, 4) is 5.88 Å². The molecule has 1 atom stereocenters. The van der Waals surface area contributed by atoms with Gasteiger partial charge in [0, 0.05) is 32.3 Å². The third-order valence-electron chi connectivity index (χ3n) is 4.15. The first-order valence-electron chi connectivity index (χ1n) is 7.44. The molecule has 0 amide bonds. The molecule has 1 unspecified atom stereocenters. The zero-order chi connectivity index (χ0) is 16.4. The second-order valence-electron chi connectivity index (χ2n) is 5.65. The minimum Gasteiger partial charge on any atom is -0.480 e. The molecule has 1 aliphatic heterocycles. The standard InChI is InChI=1S/C15H20N4O3S/c1-18-7-11(6-16-18)10-4-5-19(8-10)9-12-13(15(20)22-3)14(21-2)17-23-12/h6-7,10H,4-5,8-9H2,1-3H3. The monoisotopic (exact) mass is 336 g/mol. The van der Waals surface area contributed by atoms with Crippen molar-refractivity contribution in [3.63, 3.8) is 0 Å². The summed E-state index contributed by atoms with van der Waals surface area (Å²) in [5, 5.41) is 4.25. The number of carbonyl (C=O) groups is 1. The molecule has 8 heteroatoms. The molecule has 1 saturated heterocycles. The van der Waals surface area contributed by atoms with Gasteiger partial charge in [-0.25, -0.2) is 4.79 Å². The minimum atomic E-state index is -0.395. The highest BCUT2D eigenvalue weighted by molar-refractivity contribution is 7.06. The normalized spacial score (nSPS) is 18.3. The van der Waals surface area contributed by atoms with Crippen LogP contribution in [0.15, 0.2) is 12.4 Å². The van der Waals surface area contributed by atoms with Crippen LogP contribution in [0.4, 0.5) is 0 Å². The Hall–Kier alpha value is -1.93. The number of likely N-dealkylation sites (tertiary alicyclic amines) is 1. The molecule has 124 valence electrons. The maximum atomic E-state index is 12.0. The van der Waals surface area contributed by atoms with Crippen LogP contribution in [-0.4, -0.2) is 52.3 Å². The van der Waals surface area contributed by atoms with Gasteiger partial charge >= 0.3 is 5.97 Å². The average molecular weight is 336 g/mol. The molecule has 23 heavy (non-hydrogen) atoms. The van der Waals surface area contributed by atoms with Crippen LogP contribution in [0.1, 0.15) is 33.1 Å². The quantitative estimate of drug-likeness (QED) is 0.774. The molecule has 3 heterocycles. The van der Waals surface area contributed by atoms with Gasteiger partial charge in [0.2, 0.25) is 5.88 Å². The molecular formula is C15H20N4O3S. The van der Waals surface area contributed by atoms with E-state index in [-0.39, 0.29) is 0 Å². The van der Waals surface area contributed by atoms with Gasteiger partial charge in [0.1, 0.15) is 5.56 Å². The number of hydrogen-bond acceptors (Lipinski definition) is 7. The molecule has 0 bridgehead atoms. The number of aryl methyl sites for hydroxylation is 1. The largest absolute Gasteiger partial charge is 0.480 e. The molecule has 0 radical (unpaired) electrons. The van der Waals surface area contributed by atoms with Crippen LogP contribution in [0, 0.1) is 0 Å². The zero-order valence-electron chi connectivity index (χ0n) is 13.5. The van der Waals surface area contributed by atoms with Crippen LogP contribution in [0.25, 0.3) is 0 Å². The lowest BCUT2D eigenvalue weighted by molar-refractivity contribution is 0.0595. The van der Waals surface area contributed by atoms with Crippen LogP contribution in [0.3, 0.4) is 0 Å². The van der Waals surface area contributed by atoms with Crippen molar-refractivity contribution >= 4 is 17.5 Å². The third-order valence-corrected chi connectivity index (χ3v) is 4.96. The van der Waals surface area contributed by atoms with E-state index in [4.69, 9.17) is 9.47 Å². The van der Waals surface area contributed by atoms with Crippen molar-refractivity contribution in [2.45, 2.75) is 18.9 Å². The van der Waals surface area contributed by atoms with Gasteiger partial charge in [-0.1, -0.05) is 0 Å². The Kier molecular flexibility index (Phi) is 4.63. The number of nitrogens with zero attached hydrogens (tertiary/aromatic N) is 4. The van der Waals surface area contributed by atoms with Crippen molar-refractivity contribution < 1.29 is 14.3 Å². The second-order valence-corrected chi connectivity index (χ2v) is 6.51. The second kappa shape index (κ2) is 6.67. The van der Waals surface area contributed by atoms with Gasteiger partial charge < -0.3 is 9.47 Å². The lowest BCUT2D eigenvalue weighted by Gasteiger charge is -2.15. The number of esters is 1. The van der Waals surface area contributed by atoms with Crippen molar-refractivity contribution in [3.05, 3.63) is 28.4 Å². The van der Waals surface area contributed by atoms with Crippen LogP contribution in [0.5, 0.6) is 5.88 Å². The highest BCUT2D eigenvalue weighted by atomic mass is 32.1. The highest BCUT2D eigenvalue weighted by Gasteiger charge is 2.28. The summed E-state index contributed by atoms with van der Waals surface area (Å²) in [6.07, 6.45) is 5.10. The molecule has 1 aliphatic rings. The number of ether oxygens (including phenoxy) is 2. The molecule has 2 aromatic heterocycles. The molecule has 0 spiro atoms. The molecule has 7 nitrogen and oxygen atoms in total. The van der Waals surface area contributed by atoms with Gasteiger partial charge in [0.25, 0.3) is 0 Å². The Bertz CT molecular complexity index is 697. The first-order chi connectivity index (χ1) is 11.1. The fourth-order valence-electron chi connectivity index (χ4n) is 2.96. The van der Waals surface area contributed by atoms with Gasteiger partial charge in [-0.2, -0.15) is 9.47 Å². The number of methoxy groups -OCH3 is 2. The molecule has 2 aromatic rings. The Balaban J connectivity index is 1.71. The summed E-state index contributed by atoms with van der Waals surface area (Å²) in [6.45, 7) is 2.62. The number of hydrogen-bond donors (Lipinski definition) is 0. The molecule has 1 fully saturated rings. The summed E-state index contributed by atoms with van der Waals surface area (Å²) in [7, 11) is 4.82. The molecule has 0 aliphatic carbocycles. The molecule has 0 saturated carbocycles. The minimum absolute atomic E-state index is 0.347. The lowest BCUT2D eigenvalue weighted by Crippen LogP contribution is -2.20. The van der Waals surface area contributed by atoms with E-state index in [1.54, 1.807) is 0 Å². The number of carbonyl (C=O) groups excluding carboxylic acids is 1. The Labute approximate surface area is 139 Å². The summed E-state index contributed by atoms with van der Waals surface area (Å²) < 4.78 is 16.1. The van der Waals surface area contributed by atoms with Gasteiger partial charge in [-0.15, -0.1) is 0 Å². The topological polar surface area (TPSA) is 69.5 Å². The van der Waals surface area contributed by atoms with E-state index < -0.39 is 5.97 Å². The van der Waals surface area contributed by atoms with Crippen LogP contribution >= 0.6 is 11.5 Å². The summed E-state index contributed by atoms with van der Waals surface area (Å²) in [5.74, 6) is 0.438. The Morgan fingerprint density at radius 3 is 2.96 bits per heavy atom. The fourth-order valence-corrected chi connectivity index (χ4v) is 3.82. The van der Waals surface area contributed by atoms with Crippen LogP contribution in [0.2, 0.25) is 0 Å². The fraction of sp³-hybridized carbons (Fsp3) is 0.533. The summed E-state index contributed by atoms with van der Waals surface area (Å²) >= 11 is 1.30. The predicted octanol–water partition coefficient (Wildman–Crippen LogP) is 1.66. The van der Waals surface area contributed by atoms with Gasteiger partial charge in [0.15, 0.2) is 0 Å².